The van der Waals surface area contributed by atoms with E-state index in [1.165, 1.54) is 0 Å². The third-order valence-electron chi connectivity index (χ3n) is 3.15. The molecule has 0 aliphatic rings. The highest BCUT2D eigenvalue weighted by molar-refractivity contribution is 9.10. The summed E-state index contributed by atoms with van der Waals surface area (Å²) < 4.78 is 0.982. The van der Waals surface area contributed by atoms with Gasteiger partial charge in [-0.3, -0.25) is 10.1 Å². The Labute approximate surface area is 126 Å². The fourth-order valence-electron chi connectivity index (χ4n) is 2.08. The lowest BCUT2D eigenvalue weighted by atomic mass is 10.0. The van der Waals surface area contributed by atoms with Crippen molar-refractivity contribution in [3.63, 3.8) is 0 Å². The van der Waals surface area contributed by atoms with E-state index in [1.54, 1.807) is 0 Å². The number of rotatable bonds is 5. The highest BCUT2D eigenvalue weighted by Gasteiger charge is 2.21. The number of hydrogen-bond donors (Lipinski definition) is 2. The minimum absolute atomic E-state index is 0.0613. The van der Waals surface area contributed by atoms with Gasteiger partial charge in [-0.05, 0) is 30.2 Å². The zero-order valence-electron chi connectivity index (χ0n) is 11.1. The third-order valence-corrected chi connectivity index (χ3v) is 3.64. The first-order valence-electron chi connectivity index (χ1n) is 6.37. The predicted octanol–water partition coefficient (Wildman–Crippen LogP) is 3.93. The topological polar surface area (TPSA) is 49.3 Å². The third kappa shape index (κ3) is 3.68. The van der Waals surface area contributed by atoms with Crippen LogP contribution in [0.3, 0.4) is 0 Å². The fraction of sp³-hybridized carbons (Fsp3) is 0.188. The molecule has 2 aromatic rings. The highest BCUT2D eigenvalue weighted by atomic mass is 79.9. The maximum absolute atomic E-state index is 11.5. The van der Waals surface area contributed by atoms with Gasteiger partial charge in [0.1, 0.15) is 6.04 Å². The molecule has 0 heterocycles. The quantitative estimate of drug-likeness (QED) is 0.871. The molecule has 0 fully saturated rings. The first-order valence-corrected chi connectivity index (χ1v) is 7.16. The Hall–Kier alpha value is -1.65. The van der Waals surface area contributed by atoms with Crippen LogP contribution in [0.2, 0.25) is 0 Å². The second kappa shape index (κ2) is 6.68. The van der Waals surface area contributed by atoms with E-state index in [9.17, 15) is 9.90 Å². The summed E-state index contributed by atoms with van der Waals surface area (Å²) in [6.07, 6.45) is 0. The molecule has 0 amide bonds. The molecule has 2 rings (SSSR count). The summed E-state index contributed by atoms with van der Waals surface area (Å²) in [7, 11) is 0. The van der Waals surface area contributed by atoms with Gasteiger partial charge >= 0.3 is 5.97 Å². The van der Waals surface area contributed by atoms with Gasteiger partial charge in [-0.2, -0.15) is 0 Å². The largest absolute Gasteiger partial charge is 0.480 e. The molecule has 0 aliphatic heterocycles. The van der Waals surface area contributed by atoms with Crippen molar-refractivity contribution in [1.82, 2.24) is 5.32 Å². The van der Waals surface area contributed by atoms with Crippen molar-refractivity contribution in [3.05, 3.63) is 70.2 Å². The van der Waals surface area contributed by atoms with Gasteiger partial charge in [-0.1, -0.05) is 58.4 Å². The lowest BCUT2D eigenvalue weighted by molar-refractivity contribution is -0.139. The van der Waals surface area contributed by atoms with Gasteiger partial charge in [-0.25, -0.2) is 0 Å². The molecule has 0 aromatic heterocycles. The molecular formula is C16H16BrNO2. The van der Waals surface area contributed by atoms with Crippen molar-refractivity contribution in [1.29, 1.82) is 0 Å². The maximum Gasteiger partial charge on any atom is 0.325 e. The molecule has 2 aromatic carbocycles. The monoisotopic (exact) mass is 333 g/mol. The van der Waals surface area contributed by atoms with E-state index in [-0.39, 0.29) is 6.04 Å². The summed E-state index contributed by atoms with van der Waals surface area (Å²) in [5.74, 6) is -0.877. The molecular weight excluding hydrogens is 318 g/mol. The zero-order chi connectivity index (χ0) is 14.5. The van der Waals surface area contributed by atoms with Gasteiger partial charge in [0.25, 0.3) is 0 Å². The number of halogens is 1. The molecule has 20 heavy (non-hydrogen) atoms. The Kier molecular flexibility index (Phi) is 4.93. The SMILES string of the molecule is C[C@H](NC(C(=O)O)c1ccccc1)c1cccc(Br)c1. The normalized spacial score (nSPS) is 13.7. The molecule has 3 nitrogen and oxygen atoms in total. The number of benzene rings is 2. The lowest BCUT2D eigenvalue weighted by Gasteiger charge is -2.21. The second-order valence-corrected chi connectivity index (χ2v) is 5.54. The molecule has 1 unspecified atom stereocenters. The Balaban J connectivity index is 2.19. The van der Waals surface area contributed by atoms with Crippen LogP contribution in [-0.2, 0) is 4.79 Å². The van der Waals surface area contributed by atoms with Gasteiger partial charge in [0, 0.05) is 10.5 Å². The molecule has 2 N–H and O–H groups in total. The predicted molar refractivity (Wildman–Crippen MR) is 82.5 cm³/mol. The van der Waals surface area contributed by atoms with Crippen molar-refractivity contribution < 1.29 is 9.90 Å². The fourth-order valence-corrected chi connectivity index (χ4v) is 2.49. The van der Waals surface area contributed by atoms with E-state index in [4.69, 9.17) is 0 Å². The molecule has 0 spiro atoms. The molecule has 104 valence electrons. The number of aliphatic carboxylic acids is 1. The second-order valence-electron chi connectivity index (χ2n) is 4.63. The van der Waals surface area contributed by atoms with Crippen LogP contribution in [0.1, 0.15) is 30.1 Å². The van der Waals surface area contributed by atoms with Gasteiger partial charge < -0.3 is 5.11 Å². The van der Waals surface area contributed by atoms with Gasteiger partial charge in [0.15, 0.2) is 0 Å². The number of nitrogens with one attached hydrogen (secondary N) is 1. The smallest absolute Gasteiger partial charge is 0.325 e. The summed E-state index contributed by atoms with van der Waals surface area (Å²) in [5, 5.41) is 12.6. The first kappa shape index (κ1) is 14.8. The van der Waals surface area contributed by atoms with Crippen molar-refractivity contribution in [2.45, 2.75) is 19.0 Å². The van der Waals surface area contributed by atoms with Crippen LogP contribution < -0.4 is 5.32 Å². The van der Waals surface area contributed by atoms with Crippen molar-refractivity contribution in [3.8, 4) is 0 Å². The minimum Gasteiger partial charge on any atom is -0.480 e. The number of carboxylic acid groups (broad SMARTS) is 1. The molecule has 0 saturated heterocycles. The highest BCUT2D eigenvalue weighted by Crippen LogP contribution is 2.22. The van der Waals surface area contributed by atoms with Crippen LogP contribution >= 0.6 is 15.9 Å². The van der Waals surface area contributed by atoms with Gasteiger partial charge in [-0.15, -0.1) is 0 Å². The molecule has 0 radical (unpaired) electrons. The molecule has 0 saturated carbocycles. The lowest BCUT2D eigenvalue weighted by Crippen LogP contribution is -2.30. The Morgan fingerprint density at radius 2 is 1.75 bits per heavy atom. The Morgan fingerprint density at radius 1 is 1.10 bits per heavy atom. The van der Waals surface area contributed by atoms with Crippen LogP contribution in [0.25, 0.3) is 0 Å². The average Bonchev–Trinajstić information content (AvgIpc) is 2.45. The van der Waals surface area contributed by atoms with E-state index in [1.807, 2.05) is 61.5 Å². The number of carbonyl (C=O) groups is 1. The average molecular weight is 334 g/mol. The van der Waals surface area contributed by atoms with Crippen molar-refractivity contribution in [2.75, 3.05) is 0 Å². The van der Waals surface area contributed by atoms with Crippen molar-refractivity contribution in [2.24, 2.45) is 0 Å². The van der Waals surface area contributed by atoms with Crippen LogP contribution in [-0.4, -0.2) is 11.1 Å². The zero-order valence-corrected chi connectivity index (χ0v) is 12.7. The van der Waals surface area contributed by atoms with Gasteiger partial charge in [0.2, 0.25) is 0 Å². The standard InChI is InChI=1S/C16H16BrNO2/c1-11(13-8-5-9-14(17)10-13)18-15(16(19)20)12-6-3-2-4-7-12/h2-11,15,18H,1H3,(H,19,20)/t11-,15?/m0/s1. The summed E-state index contributed by atoms with van der Waals surface area (Å²) in [4.78, 5) is 11.5. The van der Waals surface area contributed by atoms with Crippen LogP contribution in [0.4, 0.5) is 0 Å². The number of hydrogen-bond acceptors (Lipinski definition) is 2. The maximum atomic E-state index is 11.5. The van der Waals surface area contributed by atoms with E-state index >= 15 is 0 Å². The van der Waals surface area contributed by atoms with E-state index in [2.05, 4.69) is 21.2 Å². The molecule has 0 aliphatic carbocycles. The summed E-state index contributed by atoms with van der Waals surface area (Å²) in [5.41, 5.74) is 1.79. The van der Waals surface area contributed by atoms with E-state index < -0.39 is 12.0 Å². The summed E-state index contributed by atoms with van der Waals surface area (Å²) in [6, 6.07) is 16.3. The molecule has 2 atom stereocenters. The summed E-state index contributed by atoms with van der Waals surface area (Å²) in [6.45, 7) is 1.96. The van der Waals surface area contributed by atoms with E-state index in [0.717, 1.165) is 15.6 Å². The van der Waals surface area contributed by atoms with Gasteiger partial charge in [0.05, 0.1) is 0 Å². The Morgan fingerprint density at radius 3 is 2.35 bits per heavy atom. The Bertz CT molecular complexity index is 586. The van der Waals surface area contributed by atoms with Crippen LogP contribution in [0.15, 0.2) is 59.1 Å². The molecule has 4 heteroatoms. The van der Waals surface area contributed by atoms with Crippen LogP contribution in [0.5, 0.6) is 0 Å². The summed E-state index contributed by atoms with van der Waals surface area (Å²) >= 11 is 3.43. The number of carboxylic acids is 1. The van der Waals surface area contributed by atoms with E-state index in [0.29, 0.717) is 0 Å². The first-order chi connectivity index (χ1) is 9.58. The van der Waals surface area contributed by atoms with Crippen molar-refractivity contribution >= 4 is 21.9 Å². The minimum atomic E-state index is -0.877. The molecule has 0 bridgehead atoms. The van der Waals surface area contributed by atoms with Crippen LogP contribution in [0, 0.1) is 0 Å².